The Morgan fingerprint density at radius 2 is 1.78 bits per heavy atom. The molecule has 96 valence electrons. The van der Waals surface area contributed by atoms with Crippen LogP contribution in [-0.2, 0) is 9.59 Å². The molecular weight excluding hydrogens is 304 g/mol. The number of amides is 2. The monoisotopic (exact) mass is 314 g/mol. The minimum absolute atomic E-state index is 0.270. The number of carbonyl (C=O) groups excluding carboxylic acids is 2. The van der Waals surface area contributed by atoms with Gasteiger partial charge in [-0.25, -0.2) is 0 Å². The third kappa shape index (κ3) is 4.54. The van der Waals surface area contributed by atoms with E-state index in [2.05, 4.69) is 26.6 Å². The van der Waals surface area contributed by atoms with Gasteiger partial charge >= 0.3 is 5.97 Å². The summed E-state index contributed by atoms with van der Waals surface area (Å²) >= 11 is 3.21. The molecule has 0 spiro atoms. The van der Waals surface area contributed by atoms with Gasteiger partial charge in [-0.05, 0) is 28.1 Å². The zero-order valence-corrected chi connectivity index (χ0v) is 10.9. The smallest absolute Gasteiger partial charge is 0.322 e. The minimum atomic E-state index is -1.14. The molecule has 1 aromatic carbocycles. The molecule has 7 heteroatoms. The van der Waals surface area contributed by atoms with Gasteiger partial charge < -0.3 is 15.7 Å². The predicted octanol–water partition coefficient (Wildman–Crippen LogP) is 0.380. The number of nitrogens with one attached hydrogen (secondary N) is 2. The summed E-state index contributed by atoms with van der Waals surface area (Å²) in [4.78, 5) is 33.0. The molecule has 0 fully saturated rings. The van der Waals surface area contributed by atoms with E-state index < -0.39 is 24.3 Å². The van der Waals surface area contributed by atoms with Crippen molar-refractivity contribution >= 4 is 33.7 Å². The minimum Gasteiger partial charge on any atom is -0.480 e. The van der Waals surface area contributed by atoms with Crippen LogP contribution >= 0.6 is 15.9 Å². The molecular formula is C11H11BrN2O4. The van der Waals surface area contributed by atoms with E-state index in [0.717, 1.165) is 0 Å². The number of halogens is 1. The molecule has 0 aliphatic carbocycles. The third-order valence-corrected chi connectivity index (χ3v) is 2.66. The van der Waals surface area contributed by atoms with Crippen molar-refractivity contribution in [2.24, 2.45) is 0 Å². The maximum atomic E-state index is 11.7. The van der Waals surface area contributed by atoms with Gasteiger partial charge in [-0.2, -0.15) is 0 Å². The second-order valence-electron chi connectivity index (χ2n) is 3.33. The van der Waals surface area contributed by atoms with Crippen molar-refractivity contribution in [3.63, 3.8) is 0 Å². The van der Waals surface area contributed by atoms with Crippen molar-refractivity contribution in [2.75, 3.05) is 13.1 Å². The van der Waals surface area contributed by atoms with Crippen LogP contribution in [0.2, 0.25) is 0 Å². The third-order valence-electron chi connectivity index (χ3n) is 1.96. The number of hydrogen-bond donors (Lipinski definition) is 3. The van der Waals surface area contributed by atoms with Gasteiger partial charge in [-0.3, -0.25) is 14.4 Å². The van der Waals surface area contributed by atoms with Crippen molar-refractivity contribution in [1.82, 2.24) is 10.6 Å². The van der Waals surface area contributed by atoms with Crippen LogP contribution in [0.4, 0.5) is 0 Å². The Balaban J connectivity index is 2.45. The van der Waals surface area contributed by atoms with Crippen molar-refractivity contribution < 1.29 is 19.5 Å². The zero-order chi connectivity index (χ0) is 13.5. The lowest BCUT2D eigenvalue weighted by Gasteiger charge is -2.06. The van der Waals surface area contributed by atoms with E-state index in [0.29, 0.717) is 10.0 Å². The number of rotatable bonds is 5. The number of benzene rings is 1. The molecule has 0 aliphatic heterocycles. The molecule has 1 rings (SSSR count). The first-order valence-electron chi connectivity index (χ1n) is 5.02. The van der Waals surface area contributed by atoms with E-state index in [4.69, 9.17) is 5.11 Å². The first kappa shape index (κ1) is 14.2. The van der Waals surface area contributed by atoms with E-state index in [-0.39, 0.29) is 6.54 Å². The van der Waals surface area contributed by atoms with E-state index in [1.165, 1.54) is 0 Å². The molecule has 2 amide bonds. The van der Waals surface area contributed by atoms with Crippen LogP contribution in [-0.4, -0.2) is 36.0 Å². The van der Waals surface area contributed by atoms with Crippen LogP contribution in [0.15, 0.2) is 28.7 Å². The quantitative estimate of drug-likeness (QED) is 0.732. The van der Waals surface area contributed by atoms with Crippen LogP contribution in [0.3, 0.4) is 0 Å². The first-order valence-corrected chi connectivity index (χ1v) is 5.81. The molecule has 0 saturated heterocycles. The molecule has 0 radical (unpaired) electrons. The lowest BCUT2D eigenvalue weighted by molar-refractivity contribution is -0.137. The molecule has 0 atom stereocenters. The van der Waals surface area contributed by atoms with Gasteiger partial charge in [0.15, 0.2) is 0 Å². The SMILES string of the molecule is O=C(O)CNC(=O)CNC(=O)c1ccccc1Br. The summed E-state index contributed by atoms with van der Waals surface area (Å²) in [5.74, 6) is -2.11. The lowest BCUT2D eigenvalue weighted by Crippen LogP contribution is -2.39. The molecule has 0 aliphatic rings. The molecule has 0 aromatic heterocycles. The maximum absolute atomic E-state index is 11.7. The van der Waals surface area contributed by atoms with Gasteiger partial charge in [-0.1, -0.05) is 12.1 Å². The fraction of sp³-hybridized carbons (Fsp3) is 0.182. The van der Waals surface area contributed by atoms with Gasteiger partial charge in [-0.15, -0.1) is 0 Å². The van der Waals surface area contributed by atoms with E-state index in [9.17, 15) is 14.4 Å². The summed E-state index contributed by atoms with van der Waals surface area (Å²) < 4.78 is 0.619. The molecule has 18 heavy (non-hydrogen) atoms. The maximum Gasteiger partial charge on any atom is 0.322 e. The van der Waals surface area contributed by atoms with Crippen molar-refractivity contribution in [1.29, 1.82) is 0 Å². The summed E-state index contributed by atoms with van der Waals surface area (Å²) in [5.41, 5.74) is 0.406. The van der Waals surface area contributed by atoms with Gasteiger partial charge in [0.1, 0.15) is 6.54 Å². The Hall–Kier alpha value is -1.89. The van der Waals surface area contributed by atoms with Gasteiger partial charge in [0.25, 0.3) is 5.91 Å². The molecule has 1 aromatic rings. The van der Waals surface area contributed by atoms with E-state index >= 15 is 0 Å². The van der Waals surface area contributed by atoms with Crippen molar-refractivity contribution in [3.05, 3.63) is 34.3 Å². The number of carbonyl (C=O) groups is 3. The van der Waals surface area contributed by atoms with E-state index in [1.54, 1.807) is 24.3 Å². The Labute approximate surface area is 112 Å². The molecule has 0 heterocycles. The summed E-state index contributed by atoms with van der Waals surface area (Å²) in [5, 5.41) is 12.9. The summed E-state index contributed by atoms with van der Waals surface area (Å²) in [6, 6.07) is 6.78. The van der Waals surface area contributed by atoms with Gasteiger partial charge in [0.05, 0.1) is 12.1 Å². The molecule has 6 nitrogen and oxygen atoms in total. The normalized spacial score (nSPS) is 9.61. The largest absolute Gasteiger partial charge is 0.480 e. The lowest BCUT2D eigenvalue weighted by atomic mass is 10.2. The number of hydrogen-bond acceptors (Lipinski definition) is 3. The predicted molar refractivity (Wildman–Crippen MR) is 67.1 cm³/mol. The summed E-state index contributed by atoms with van der Waals surface area (Å²) in [6.07, 6.45) is 0. The Morgan fingerprint density at radius 1 is 1.11 bits per heavy atom. The standard InChI is InChI=1S/C11H11BrN2O4/c12-8-4-2-1-3-7(8)11(18)14-5-9(15)13-6-10(16)17/h1-4H,5-6H2,(H,13,15)(H,14,18)(H,16,17). The van der Waals surface area contributed by atoms with Crippen LogP contribution in [0.1, 0.15) is 10.4 Å². The number of aliphatic carboxylic acids is 1. The highest BCUT2D eigenvalue weighted by Gasteiger charge is 2.10. The van der Waals surface area contributed by atoms with Crippen LogP contribution in [0.5, 0.6) is 0 Å². The summed E-state index contributed by atoms with van der Waals surface area (Å²) in [7, 11) is 0. The fourth-order valence-corrected chi connectivity index (χ4v) is 1.60. The Morgan fingerprint density at radius 3 is 2.39 bits per heavy atom. The first-order chi connectivity index (χ1) is 8.50. The van der Waals surface area contributed by atoms with Crippen molar-refractivity contribution in [3.8, 4) is 0 Å². The molecule has 0 bridgehead atoms. The second-order valence-corrected chi connectivity index (χ2v) is 4.19. The van der Waals surface area contributed by atoms with E-state index in [1.807, 2.05) is 0 Å². The van der Waals surface area contributed by atoms with Crippen molar-refractivity contribution in [2.45, 2.75) is 0 Å². The number of carboxylic acids is 1. The highest BCUT2D eigenvalue weighted by molar-refractivity contribution is 9.10. The second kappa shape index (κ2) is 6.75. The summed E-state index contributed by atoms with van der Waals surface area (Å²) in [6.45, 7) is -0.739. The number of carboxylic acid groups (broad SMARTS) is 1. The van der Waals surface area contributed by atoms with Crippen LogP contribution in [0.25, 0.3) is 0 Å². The van der Waals surface area contributed by atoms with Crippen LogP contribution in [0, 0.1) is 0 Å². The fourth-order valence-electron chi connectivity index (χ4n) is 1.14. The zero-order valence-electron chi connectivity index (χ0n) is 9.27. The molecule has 0 unspecified atom stereocenters. The average molecular weight is 315 g/mol. The topological polar surface area (TPSA) is 95.5 Å². The molecule has 3 N–H and O–H groups in total. The van der Waals surface area contributed by atoms with Gasteiger partial charge in [0.2, 0.25) is 5.91 Å². The Kier molecular flexibility index (Phi) is 5.31. The highest BCUT2D eigenvalue weighted by atomic mass is 79.9. The Bertz CT molecular complexity index is 476. The highest BCUT2D eigenvalue weighted by Crippen LogP contribution is 2.15. The van der Waals surface area contributed by atoms with Gasteiger partial charge in [0, 0.05) is 4.47 Å². The van der Waals surface area contributed by atoms with Crippen LogP contribution < -0.4 is 10.6 Å². The average Bonchev–Trinajstić information content (AvgIpc) is 2.34. The molecule has 0 saturated carbocycles.